The molecular weight excluding hydrogens is 356 g/mol. The maximum absolute atomic E-state index is 12.6. The van der Waals surface area contributed by atoms with Gasteiger partial charge in [0.05, 0.1) is 10.8 Å². The zero-order valence-corrected chi connectivity index (χ0v) is 15.9. The lowest BCUT2D eigenvalue weighted by Crippen LogP contribution is -2.45. The molecule has 4 nitrogen and oxygen atoms in total. The van der Waals surface area contributed by atoms with Crippen molar-refractivity contribution in [1.29, 1.82) is 0 Å². The van der Waals surface area contributed by atoms with E-state index in [0.717, 1.165) is 29.8 Å². The lowest BCUT2D eigenvalue weighted by molar-refractivity contribution is -0.126. The van der Waals surface area contributed by atoms with E-state index < -0.39 is 0 Å². The van der Waals surface area contributed by atoms with Crippen molar-refractivity contribution in [3.8, 4) is 0 Å². The van der Waals surface area contributed by atoms with Crippen LogP contribution in [0.2, 0.25) is 0 Å². The zero-order valence-electron chi connectivity index (χ0n) is 15.1. The summed E-state index contributed by atoms with van der Waals surface area (Å²) in [6.45, 7) is 1.74. The van der Waals surface area contributed by atoms with Crippen LogP contribution in [-0.4, -0.2) is 29.8 Å². The normalized spacial score (nSPS) is 17.0. The molecule has 1 aliphatic heterocycles. The van der Waals surface area contributed by atoms with Gasteiger partial charge in [0.1, 0.15) is 0 Å². The number of rotatable bonds is 4. The van der Waals surface area contributed by atoms with E-state index in [0.29, 0.717) is 13.1 Å². The summed E-state index contributed by atoms with van der Waals surface area (Å²) in [6, 6.07) is 18.2. The summed E-state index contributed by atoms with van der Waals surface area (Å²) in [6.07, 6.45) is 1.70. The van der Waals surface area contributed by atoms with Crippen molar-refractivity contribution in [3.63, 3.8) is 0 Å². The quantitative estimate of drug-likeness (QED) is 0.744. The Morgan fingerprint density at radius 1 is 1.07 bits per heavy atom. The highest BCUT2D eigenvalue weighted by molar-refractivity contribution is 7.12. The summed E-state index contributed by atoms with van der Waals surface area (Å²) >= 11 is 1.45. The lowest BCUT2D eigenvalue weighted by Gasteiger charge is -2.31. The Balaban J connectivity index is 1.36. The van der Waals surface area contributed by atoms with E-state index in [-0.39, 0.29) is 17.7 Å². The van der Waals surface area contributed by atoms with Crippen molar-refractivity contribution in [2.45, 2.75) is 19.4 Å². The summed E-state index contributed by atoms with van der Waals surface area (Å²) in [5.74, 6) is -0.0630. The Labute approximate surface area is 162 Å². The molecule has 2 amide bonds. The molecule has 2 aromatic carbocycles. The maximum atomic E-state index is 12.6. The first-order valence-electron chi connectivity index (χ1n) is 9.29. The molecule has 0 radical (unpaired) electrons. The van der Waals surface area contributed by atoms with Gasteiger partial charge in [0, 0.05) is 19.6 Å². The number of likely N-dealkylation sites (tertiary alicyclic amines) is 1. The summed E-state index contributed by atoms with van der Waals surface area (Å²) in [4.78, 5) is 27.7. The third kappa shape index (κ3) is 4.03. The van der Waals surface area contributed by atoms with Gasteiger partial charge in [0.2, 0.25) is 5.91 Å². The van der Waals surface area contributed by atoms with Crippen molar-refractivity contribution in [2.75, 3.05) is 13.1 Å². The number of hydrogen-bond donors (Lipinski definition) is 1. The molecule has 1 N–H and O–H groups in total. The molecule has 1 aliphatic rings. The molecule has 1 aromatic heterocycles. The number of nitrogens with zero attached hydrogens (tertiary/aromatic N) is 1. The van der Waals surface area contributed by atoms with Crippen LogP contribution in [0, 0.1) is 5.92 Å². The fourth-order valence-electron chi connectivity index (χ4n) is 3.61. The third-order valence-electron chi connectivity index (χ3n) is 5.09. The molecule has 3 aromatic rings. The average Bonchev–Trinajstić information content (AvgIpc) is 3.26. The van der Waals surface area contributed by atoms with Crippen LogP contribution in [0.25, 0.3) is 10.8 Å². The largest absolute Gasteiger partial charge is 0.352 e. The first kappa shape index (κ1) is 17.7. The van der Waals surface area contributed by atoms with Gasteiger partial charge < -0.3 is 10.2 Å². The van der Waals surface area contributed by atoms with Gasteiger partial charge in [-0.25, -0.2) is 0 Å². The minimum atomic E-state index is -0.136. The first-order valence-corrected chi connectivity index (χ1v) is 10.2. The standard InChI is InChI=1S/C22H22N2O2S/c25-21(23-14-16-9-10-17-5-1-2-6-18(17)13-16)19-7-3-11-24(15-19)22(26)20-8-4-12-27-20/h1-2,4-6,8-10,12-13,19H,3,7,11,14-15H2,(H,23,25). The molecule has 27 heavy (non-hydrogen) atoms. The maximum Gasteiger partial charge on any atom is 0.263 e. The van der Waals surface area contributed by atoms with E-state index in [9.17, 15) is 9.59 Å². The first-order chi connectivity index (χ1) is 13.2. The minimum absolute atomic E-state index is 0.0341. The van der Waals surface area contributed by atoms with E-state index in [1.54, 1.807) is 0 Å². The second-order valence-electron chi connectivity index (χ2n) is 6.97. The Morgan fingerprint density at radius 2 is 1.93 bits per heavy atom. The Morgan fingerprint density at radius 3 is 2.74 bits per heavy atom. The molecule has 1 atom stereocenters. The fourth-order valence-corrected chi connectivity index (χ4v) is 4.30. The molecule has 4 rings (SSSR count). The van der Waals surface area contributed by atoms with Crippen molar-refractivity contribution in [1.82, 2.24) is 10.2 Å². The van der Waals surface area contributed by atoms with E-state index in [1.807, 2.05) is 34.5 Å². The summed E-state index contributed by atoms with van der Waals surface area (Å²) in [5.41, 5.74) is 1.09. The van der Waals surface area contributed by atoms with Crippen molar-refractivity contribution in [2.24, 2.45) is 5.92 Å². The molecule has 1 unspecified atom stereocenters. The van der Waals surface area contributed by atoms with Gasteiger partial charge in [-0.1, -0.05) is 42.5 Å². The Hall–Kier alpha value is -2.66. The Bertz CT molecular complexity index is 952. The summed E-state index contributed by atoms with van der Waals surface area (Å²) < 4.78 is 0. The molecule has 5 heteroatoms. The molecule has 1 saturated heterocycles. The van der Waals surface area contributed by atoms with Crippen molar-refractivity contribution >= 4 is 33.9 Å². The number of hydrogen-bond acceptors (Lipinski definition) is 3. The van der Waals surface area contributed by atoms with Gasteiger partial charge in [0.15, 0.2) is 0 Å². The number of fused-ring (bicyclic) bond motifs is 1. The van der Waals surface area contributed by atoms with Crippen LogP contribution in [0.4, 0.5) is 0 Å². The van der Waals surface area contributed by atoms with Crippen LogP contribution in [-0.2, 0) is 11.3 Å². The molecule has 0 spiro atoms. The highest BCUT2D eigenvalue weighted by Gasteiger charge is 2.29. The van der Waals surface area contributed by atoms with Crippen molar-refractivity contribution in [3.05, 3.63) is 70.4 Å². The second-order valence-corrected chi connectivity index (χ2v) is 7.91. The molecule has 0 saturated carbocycles. The van der Waals surface area contributed by atoms with Gasteiger partial charge in [-0.15, -0.1) is 11.3 Å². The van der Waals surface area contributed by atoms with Gasteiger partial charge in [-0.2, -0.15) is 0 Å². The van der Waals surface area contributed by atoms with Gasteiger partial charge in [-0.05, 0) is 46.7 Å². The third-order valence-corrected chi connectivity index (χ3v) is 5.95. The predicted molar refractivity (Wildman–Crippen MR) is 109 cm³/mol. The number of carbonyl (C=O) groups excluding carboxylic acids is 2. The second kappa shape index (κ2) is 7.92. The number of nitrogens with one attached hydrogen (secondary N) is 1. The fraction of sp³-hybridized carbons (Fsp3) is 0.273. The predicted octanol–water partition coefficient (Wildman–Crippen LogP) is 4.07. The van der Waals surface area contributed by atoms with E-state index in [1.165, 1.54) is 22.1 Å². The van der Waals surface area contributed by atoms with E-state index in [4.69, 9.17) is 0 Å². The van der Waals surface area contributed by atoms with E-state index in [2.05, 4.69) is 35.6 Å². The van der Waals surface area contributed by atoms with Gasteiger partial charge in [0.25, 0.3) is 5.91 Å². The molecule has 1 fully saturated rings. The van der Waals surface area contributed by atoms with Gasteiger partial charge >= 0.3 is 0 Å². The number of amides is 2. The van der Waals surface area contributed by atoms with Crippen LogP contribution >= 0.6 is 11.3 Å². The lowest BCUT2D eigenvalue weighted by atomic mass is 9.96. The molecule has 138 valence electrons. The molecule has 0 aliphatic carbocycles. The van der Waals surface area contributed by atoms with Crippen molar-refractivity contribution < 1.29 is 9.59 Å². The van der Waals surface area contributed by atoms with Crippen LogP contribution in [0.1, 0.15) is 28.1 Å². The monoisotopic (exact) mass is 378 g/mol. The van der Waals surface area contributed by atoms with Crippen LogP contribution in [0.15, 0.2) is 60.0 Å². The van der Waals surface area contributed by atoms with Crippen LogP contribution < -0.4 is 5.32 Å². The van der Waals surface area contributed by atoms with Crippen LogP contribution in [0.5, 0.6) is 0 Å². The average molecular weight is 378 g/mol. The van der Waals surface area contributed by atoms with Crippen LogP contribution in [0.3, 0.4) is 0 Å². The number of thiophene rings is 1. The highest BCUT2D eigenvalue weighted by Crippen LogP contribution is 2.21. The number of carbonyl (C=O) groups is 2. The minimum Gasteiger partial charge on any atom is -0.352 e. The molecule has 2 heterocycles. The Kier molecular flexibility index (Phi) is 5.21. The smallest absolute Gasteiger partial charge is 0.263 e. The summed E-state index contributed by atoms with van der Waals surface area (Å²) in [5, 5.41) is 7.33. The molecule has 0 bridgehead atoms. The summed E-state index contributed by atoms with van der Waals surface area (Å²) in [7, 11) is 0. The topological polar surface area (TPSA) is 49.4 Å². The highest BCUT2D eigenvalue weighted by atomic mass is 32.1. The molecular formula is C22H22N2O2S. The number of piperidine rings is 1. The number of benzene rings is 2. The SMILES string of the molecule is O=C(NCc1ccc2ccccc2c1)C1CCCN(C(=O)c2cccs2)C1. The zero-order chi connectivity index (χ0) is 18.6. The van der Waals surface area contributed by atoms with E-state index >= 15 is 0 Å². The van der Waals surface area contributed by atoms with Gasteiger partial charge in [-0.3, -0.25) is 9.59 Å².